The Labute approximate surface area is 143 Å². The summed E-state index contributed by atoms with van der Waals surface area (Å²) in [4.78, 5) is 0.0303. The number of benzene rings is 1. The molecule has 118 valence electrons. The maximum atomic E-state index is 12.8. The normalized spacial score (nSPS) is 23.2. The molecule has 1 aromatic rings. The van der Waals surface area contributed by atoms with Crippen LogP contribution in [0.25, 0.3) is 0 Å². The van der Waals surface area contributed by atoms with Crippen LogP contribution in [0.4, 0.5) is 0 Å². The Morgan fingerprint density at radius 3 is 2.71 bits per heavy atom. The van der Waals surface area contributed by atoms with Crippen molar-refractivity contribution in [2.45, 2.75) is 30.4 Å². The molecule has 1 aliphatic heterocycles. The van der Waals surface area contributed by atoms with Crippen LogP contribution in [-0.2, 0) is 14.8 Å². The van der Waals surface area contributed by atoms with Gasteiger partial charge in [0.1, 0.15) is 4.90 Å². The molecule has 0 radical (unpaired) electrons. The molecular weight excluding hydrogens is 401 g/mol. The Kier molecular flexibility index (Phi) is 5.28. The van der Waals surface area contributed by atoms with Crippen molar-refractivity contribution in [2.24, 2.45) is 0 Å². The fourth-order valence-corrected chi connectivity index (χ4v) is 5.02. The molecule has 1 fully saturated rings. The molecule has 0 saturated carbocycles. The first-order chi connectivity index (χ1) is 9.65. The van der Waals surface area contributed by atoms with Gasteiger partial charge in [0.2, 0.25) is 10.0 Å². The maximum Gasteiger partial charge on any atom is 0.244 e. The molecule has 1 unspecified atom stereocenters. The first kappa shape index (κ1) is 17.5. The molecule has 21 heavy (non-hydrogen) atoms. The highest BCUT2D eigenvalue weighted by molar-refractivity contribution is 9.09. The lowest BCUT2D eigenvalue weighted by molar-refractivity contribution is -0.106. The lowest BCUT2D eigenvalue weighted by Gasteiger charge is -2.41. The van der Waals surface area contributed by atoms with Gasteiger partial charge in [0.15, 0.2) is 0 Å². The molecule has 1 aromatic carbocycles. The van der Waals surface area contributed by atoms with E-state index in [0.717, 1.165) is 0 Å². The van der Waals surface area contributed by atoms with Crippen LogP contribution >= 0.6 is 39.1 Å². The highest BCUT2D eigenvalue weighted by atomic mass is 79.9. The molecular formula is C13H16BrCl2NO3S. The number of nitrogens with zero attached hydrogens (tertiary/aromatic N) is 1. The summed E-state index contributed by atoms with van der Waals surface area (Å²) in [7, 11) is -3.71. The first-order valence-electron chi connectivity index (χ1n) is 6.35. The number of ether oxygens (including phenoxy) is 1. The summed E-state index contributed by atoms with van der Waals surface area (Å²) < 4.78 is 32.9. The molecule has 2 rings (SSSR count). The van der Waals surface area contributed by atoms with Crippen molar-refractivity contribution >= 4 is 49.2 Å². The van der Waals surface area contributed by atoms with Crippen molar-refractivity contribution in [1.82, 2.24) is 4.31 Å². The first-order valence-corrected chi connectivity index (χ1v) is 9.66. The Balaban J connectivity index is 2.41. The van der Waals surface area contributed by atoms with E-state index in [0.29, 0.717) is 10.4 Å². The topological polar surface area (TPSA) is 46.6 Å². The average Bonchev–Trinajstić information content (AvgIpc) is 2.39. The fourth-order valence-electron chi connectivity index (χ4n) is 2.32. The van der Waals surface area contributed by atoms with E-state index in [2.05, 4.69) is 15.9 Å². The molecule has 0 aliphatic carbocycles. The van der Waals surface area contributed by atoms with Crippen molar-refractivity contribution in [3.8, 4) is 0 Å². The van der Waals surface area contributed by atoms with Crippen molar-refractivity contribution < 1.29 is 13.2 Å². The van der Waals surface area contributed by atoms with E-state index in [9.17, 15) is 8.42 Å². The summed E-state index contributed by atoms with van der Waals surface area (Å²) in [5, 5.41) is 1.06. The third-order valence-corrected chi connectivity index (χ3v) is 6.38. The van der Waals surface area contributed by atoms with Crippen LogP contribution in [0.1, 0.15) is 13.8 Å². The minimum absolute atomic E-state index is 0.0303. The number of alkyl halides is 1. The van der Waals surface area contributed by atoms with E-state index in [1.54, 1.807) is 6.07 Å². The summed E-state index contributed by atoms with van der Waals surface area (Å²) >= 11 is 15.3. The van der Waals surface area contributed by atoms with Crippen LogP contribution in [0, 0.1) is 0 Å². The summed E-state index contributed by atoms with van der Waals surface area (Å²) in [6.07, 6.45) is -0.207. The summed E-state index contributed by atoms with van der Waals surface area (Å²) in [5.41, 5.74) is -0.561. The van der Waals surface area contributed by atoms with Crippen LogP contribution in [-0.4, -0.2) is 42.8 Å². The summed E-state index contributed by atoms with van der Waals surface area (Å²) in [5.74, 6) is 0. The third-order valence-electron chi connectivity index (χ3n) is 3.13. The van der Waals surface area contributed by atoms with Crippen molar-refractivity contribution in [3.05, 3.63) is 28.2 Å². The minimum Gasteiger partial charge on any atom is -0.369 e. The van der Waals surface area contributed by atoms with Gasteiger partial charge in [-0.2, -0.15) is 4.31 Å². The van der Waals surface area contributed by atoms with Crippen LogP contribution in [0.15, 0.2) is 23.1 Å². The van der Waals surface area contributed by atoms with Gasteiger partial charge in [0.05, 0.1) is 16.7 Å². The number of hydrogen-bond acceptors (Lipinski definition) is 3. The van der Waals surface area contributed by atoms with Gasteiger partial charge in [-0.25, -0.2) is 8.42 Å². The van der Waals surface area contributed by atoms with Gasteiger partial charge >= 0.3 is 0 Å². The lowest BCUT2D eigenvalue weighted by atomic mass is 10.1. The van der Waals surface area contributed by atoms with Gasteiger partial charge < -0.3 is 4.74 Å². The summed E-state index contributed by atoms with van der Waals surface area (Å²) in [6.45, 7) is 4.27. The number of morpholine rings is 1. The van der Waals surface area contributed by atoms with E-state index >= 15 is 0 Å². The molecule has 1 atom stereocenters. The molecule has 0 amide bonds. The molecule has 1 aliphatic rings. The van der Waals surface area contributed by atoms with E-state index in [4.69, 9.17) is 27.9 Å². The molecule has 8 heteroatoms. The minimum atomic E-state index is -3.71. The number of hydrogen-bond donors (Lipinski definition) is 0. The fraction of sp³-hybridized carbons (Fsp3) is 0.538. The average molecular weight is 417 g/mol. The Hall–Kier alpha value is 0.150. The molecule has 0 spiro atoms. The van der Waals surface area contributed by atoms with Crippen LogP contribution in [0.5, 0.6) is 0 Å². The molecule has 4 nitrogen and oxygen atoms in total. The van der Waals surface area contributed by atoms with Crippen molar-refractivity contribution in [1.29, 1.82) is 0 Å². The summed E-state index contributed by atoms with van der Waals surface area (Å²) in [6, 6.07) is 4.43. The number of sulfonamides is 1. The van der Waals surface area contributed by atoms with Gasteiger partial charge in [-0.1, -0.05) is 39.1 Å². The largest absolute Gasteiger partial charge is 0.369 e. The highest BCUT2D eigenvalue weighted by Crippen LogP contribution is 2.31. The van der Waals surface area contributed by atoms with Crippen LogP contribution < -0.4 is 0 Å². The highest BCUT2D eigenvalue weighted by Gasteiger charge is 2.39. The van der Waals surface area contributed by atoms with Gasteiger partial charge in [-0.05, 0) is 32.0 Å². The second kappa shape index (κ2) is 6.34. The zero-order valence-corrected chi connectivity index (χ0v) is 15.6. The lowest BCUT2D eigenvalue weighted by Crippen LogP contribution is -2.55. The molecule has 1 saturated heterocycles. The molecule has 0 aromatic heterocycles. The zero-order chi connectivity index (χ0) is 15.8. The van der Waals surface area contributed by atoms with E-state index in [1.807, 2.05) is 13.8 Å². The second-order valence-corrected chi connectivity index (χ2v) is 8.92. The van der Waals surface area contributed by atoms with E-state index in [1.165, 1.54) is 16.4 Å². The Bertz CT molecular complexity index is 636. The quantitative estimate of drug-likeness (QED) is 0.707. The Morgan fingerprint density at radius 1 is 1.43 bits per heavy atom. The Morgan fingerprint density at radius 2 is 2.10 bits per heavy atom. The van der Waals surface area contributed by atoms with Gasteiger partial charge in [0.25, 0.3) is 0 Å². The number of rotatable bonds is 3. The van der Waals surface area contributed by atoms with Crippen LogP contribution in [0.2, 0.25) is 10.0 Å². The second-order valence-electron chi connectivity index (χ2n) is 5.53. The molecule has 1 heterocycles. The van der Waals surface area contributed by atoms with Crippen LogP contribution in [0.3, 0.4) is 0 Å². The van der Waals surface area contributed by atoms with Crippen molar-refractivity contribution in [3.63, 3.8) is 0 Å². The standard InChI is InChI=1S/C13H16BrCl2NO3S/c1-13(2)8-17(7-10(6-14)20-13)21(18,19)12-5-9(15)3-4-11(12)16/h3-5,10H,6-8H2,1-2H3. The SMILES string of the molecule is CC1(C)CN(S(=O)(=O)c2cc(Cl)ccc2Cl)CC(CBr)O1. The van der Waals surface area contributed by atoms with E-state index < -0.39 is 15.6 Å². The smallest absolute Gasteiger partial charge is 0.244 e. The zero-order valence-electron chi connectivity index (χ0n) is 11.6. The predicted octanol–water partition coefficient (Wildman–Crippen LogP) is 3.56. The maximum absolute atomic E-state index is 12.8. The van der Waals surface area contributed by atoms with Crippen molar-refractivity contribution in [2.75, 3.05) is 18.4 Å². The predicted molar refractivity (Wildman–Crippen MR) is 88.0 cm³/mol. The molecule has 0 N–H and O–H groups in total. The van der Waals surface area contributed by atoms with Gasteiger partial charge in [0, 0.05) is 23.4 Å². The monoisotopic (exact) mass is 415 g/mol. The van der Waals surface area contributed by atoms with Gasteiger partial charge in [-0.15, -0.1) is 0 Å². The number of halogens is 3. The molecule has 0 bridgehead atoms. The third kappa shape index (κ3) is 3.92. The van der Waals surface area contributed by atoms with Gasteiger partial charge in [-0.3, -0.25) is 0 Å². The van der Waals surface area contributed by atoms with E-state index in [-0.39, 0.29) is 29.1 Å².